The smallest absolute Gasteiger partial charge is 0.0950 e. The van der Waals surface area contributed by atoms with Gasteiger partial charge in [-0.25, -0.2) is 4.98 Å². The van der Waals surface area contributed by atoms with Gasteiger partial charge in [-0.05, 0) is 12.6 Å². The zero-order chi connectivity index (χ0) is 11.9. The fourth-order valence-electron chi connectivity index (χ4n) is 1.70. The Hall–Kier alpha value is -1.62. The Morgan fingerprint density at radius 1 is 1.35 bits per heavy atom. The van der Waals surface area contributed by atoms with Crippen molar-refractivity contribution in [3.05, 3.63) is 36.7 Å². The summed E-state index contributed by atoms with van der Waals surface area (Å²) < 4.78 is 4.04. The lowest BCUT2D eigenvalue weighted by atomic mass is 10.3. The highest BCUT2D eigenvalue weighted by atomic mass is 15.3. The number of rotatable bonds is 7. The molecule has 0 aromatic carbocycles. The van der Waals surface area contributed by atoms with Crippen LogP contribution in [0.15, 0.2) is 31.0 Å². The molecule has 0 amide bonds. The van der Waals surface area contributed by atoms with E-state index in [1.54, 1.807) is 6.20 Å². The van der Waals surface area contributed by atoms with Crippen molar-refractivity contribution in [2.75, 3.05) is 13.1 Å². The first-order valence-electron chi connectivity index (χ1n) is 6.07. The summed E-state index contributed by atoms with van der Waals surface area (Å²) in [5.74, 6) is 0. The normalized spacial score (nSPS) is 10.9. The lowest BCUT2D eigenvalue weighted by Gasteiger charge is -2.02. The maximum absolute atomic E-state index is 4.38. The molecule has 1 N–H and O–H groups in total. The molecule has 2 rings (SSSR count). The van der Waals surface area contributed by atoms with Gasteiger partial charge >= 0.3 is 0 Å². The van der Waals surface area contributed by atoms with Crippen LogP contribution in [0.1, 0.15) is 12.6 Å². The van der Waals surface area contributed by atoms with E-state index in [4.69, 9.17) is 0 Å². The van der Waals surface area contributed by atoms with Crippen LogP contribution in [0.5, 0.6) is 0 Å². The second-order valence-electron chi connectivity index (χ2n) is 3.98. The minimum atomic E-state index is 0.885. The molecule has 5 heteroatoms. The molecule has 2 aromatic heterocycles. The van der Waals surface area contributed by atoms with E-state index in [-0.39, 0.29) is 0 Å². The summed E-state index contributed by atoms with van der Waals surface area (Å²) in [5.41, 5.74) is 1.14. The summed E-state index contributed by atoms with van der Waals surface area (Å²) in [5, 5.41) is 7.47. The number of hydrogen-bond acceptors (Lipinski definition) is 3. The first-order chi connectivity index (χ1) is 8.38. The predicted molar refractivity (Wildman–Crippen MR) is 66.7 cm³/mol. The average Bonchev–Trinajstić information content (AvgIpc) is 2.98. The monoisotopic (exact) mass is 233 g/mol. The number of imidazole rings is 1. The van der Waals surface area contributed by atoms with Crippen molar-refractivity contribution < 1.29 is 0 Å². The van der Waals surface area contributed by atoms with Crippen LogP contribution in [0.4, 0.5) is 0 Å². The van der Waals surface area contributed by atoms with E-state index in [1.807, 2.05) is 23.3 Å². The fourth-order valence-corrected chi connectivity index (χ4v) is 1.70. The van der Waals surface area contributed by atoms with Gasteiger partial charge in [0.25, 0.3) is 0 Å². The average molecular weight is 233 g/mol. The van der Waals surface area contributed by atoms with Gasteiger partial charge in [-0.15, -0.1) is 0 Å². The molecule has 0 aliphatic rings. The number of nitrogens with zero attached hydrogens (tertiary/aromatic N) is 4. The summed E-state index contributed by atoms with van der Waals surface area (Å²) >= 11 is 0. The largest absolute Gasteiger partial charge is 0.335 e. The van der Waals surface area contributed by atoms with Crippen molar-refractivity contribution in [3.63, 3.8) is 0 Å². The van der Waals surface area contributed by atoms with Crippen LogP contribution in [-0.2, 0) is 19.5 Å². The Morgan fingerprint density at radius 2 is 2.29 bits per heavy atom. The summed E-state index contributed by atoms with van der Waals surface area (Å²) in [4.78, 5) is 4.38. The number of aromatic nitrogens is 4. The van der Waals surface area contributed by atoms with Gasteiger partial charge in [-0.3, -0.25) is 4.68 Å². The van der Waals surface area contributed by atoms with Gasteiger partial charge < -0.3 is 9.88 Å². The standard InChI is InChI=1S/C12H19N5/c1-2-13-6-4-12-10-16(11-14-12)8-9-17-7-3-5-15-17/h3,5,7,10-11,13H,2,4,6,8-9H2,1H3. The molecule has 0 saturated carbocycles. The van der Waals surface area contributed by atoms with Crippen LogP contribution in [0.2, 0.25) is 0 Å². The molecule has 17 heavy (non-hydrogen) atoms. The molecule has 0 spiro atoms. The number of aryl methyl sites for hydroxylation is 2. The van der Waals surface area contributed by atoms with Gasteiger partial charge in [-0.1, -0.05) is 6.92 Å². The van der Waals surface area contributed by atoms with Crippen molar-refractivity contribution in [3.8, 4) is 0 Å². The van der Waals surface area contributed by atoms with Crippen LogP contribution in [-0.4, -0.2) is 32.4 Å². The third-order valence-electron chi connectivity index (χ3n) is 2.64. The predicted octanol–water partition coefficient (Wildman–Crippen LogP) is 0.932. The topological polar surface area (TPSA) is 47.7 Å². The Bertz CT molecular complexity index is 418. The molecule has 2 aromatic rings. The fraction of sp³-hybridized carbons (Fsp3) is 0.500. The summed E-state index contributed by atoms with van der Waals surface area (Å²) in [6, 6.07) is 1.94. The molecular weight excluding hydrogens is 214 g/mol. The Kier molecular flexibility index (Phi) is 4.32. The van der Waals surface area contributed by atoms with E-state index in [1.165, 1.54) is 0 Å². The molecule has 0 atom stereocenters. The van der Waals surface area contributed by atoms with Gasteiger partial charge in [0, 0.05) is 38.1 Å². The molecule has 92 valence electrons. The van der Waals surface area contributed by atoms with Crippen molar-refractivity contribution in [2.24, 2.45) is 0 Å². The third-order valence-corrected chi connectivity index (χ3v) is 2.64. The number of likely N-dealkylation sites (N-methyl/N-ethyl adjacent to an activating group) is 1. The second kappa shape index (κ2) is 6.20. The van der Waals surface area contributed by atoms with Crippen molar-refractivity contribution in [1.29, 1.82) is 0 Å². The molecule has 0 bridgehead atoms. The Morgan fingerprint density at radius 3 is 3.06 bits per heavy atom. The molecule has 0 unspecified atom stereocenters. The SMILES string of the molecule is CCNCCc1cn(CCn2cccn2)cn1. The molecule has 0 radical (unpaired) electrons. The van der Waals surface area contributed by atoms with E-state index in [0.717, 1.165) is 38.3 Å². The summed E-state index contributed by atoms with van der Waals surface area (Å²) in [6.45, 7) is 5.92. The maximum Gasteiger partial charge on any atom is 0.0950 e. The molecule has 0 saturated heterocycles. The van der Waals surface area contributed by atoms with Gasteiger partial charge in [0.05, 0.1) is 18.6 Å². The third kappa shape index (κ3) is 3.71. The highest BCUT2D eigenvalue weighted by Crippen LogP contribution is 1.98. The molecule has 2 heterocycles. The van der Waals surface area contributed by atoms with Gasteiger partial charge in [0.15, 0.2) is 0 Å². The van der Waals surface area contributed by atoms with E-state index >= 15 is 0 Å². The first kappa shape index (κ1) is 11.9. The van der Waals surface area contributed by atoms with Gasteiger partial charge in [0.2, 0.25) is 0 Å². The van der Waals surface area contributed by atoms with E-state index < -0.39 is 0 Å². The second-order valence-corrected chi connectivity index (χ2v) is 3.98. The number of nitrogens with one attached hydrogen (secondary N) is 1. The molecule has 0 aliphatic heterocycles. The minimum absolute atomic E-state index is 0.885. The zero-order valence-corrected chi connectivity index (χ0v) is 10.2. The van der Waals surface area contributed by atoms with E-state index in [2.05, 4.69) is 33.1 Å². The molecule has 5 nitrogen and oxygen atoms in total. The molecule has 0 fully saturated rings. The van der Waals surface area contributed by atoms with Crippen LogP contribution in [0.25, 0.3) is 0 Å². The minimum Gasteiger partial charge on any atom is -0.335 e. The zero-order valence-electron chi connectivity index (χ0n) is 10.2. The lowest BCUT2D eigenvalue weighted by Crippen LogP contribution is -2.16. The first-order valence-corrected chi connectivity index (χ1v) is 6.07. The Labute approximate surface area is 101 Å². The highest BCUT2D eigenvalue weighted by molar-refractivity contribution is 4.97. The maximum atomic E-state index is 4.38. The van der Waals surface area contributed by atoms with Crippen LogP contribution in [0, 0.1) is 0 Å². The van der Waals surface area contributed by atoms with Crippen molar-refractivity contribution >= 4 is 0 Å². The van der Waals surface area contributed by atoms with Crippen molar-refractivity contribution in [2.45, 2.75) is 26.4 Å². The summed E-state index contributed by atoms with van der Waals surface area (Å²) in [6.07, 6.45) is 8.77. The van der Waals surface area contributed by atoms with Crippen LogP contribution >= 0.6 is 0 Å². The molecule has 0 aliphatic carbocycles. The van der Waals surface area contributed by atoms with E-state index in [0.29, 0.717) is 0 Å². The lowest BCUT2D eigenvalue weighted by molar-refractivity contribution is 0.533. The van der Waals surface area contributed by atoms with Crippen molar-refractivity contribution in [1.82, 2.24) is 24.6 Å². The van der Waals surface area contributed by atoms with Gasteiger partial charge in [-0.2, -0.15) is 5.10 Å². The van der Waals surface area contributed by atoms with Gasteiger partial charge in [0.1, 0.15) is 0 Å². The highest BCUT2D eigenvalue weighted by Gasteiger charge is 1.98. The Balaban J connectivity index is 1.77. The quantitative estimate of drug-likeness (QED) is 0.724. The van der Waals surface area contributed by atoms with E-state index in [9.17, 15) is 0 Å². The summed E-state index contributed by atoms with van der Waals surface area (Å²) in [7, 11) is 0. The van der Waals surface area contributed by atoms with Crippen LogP contribution in [0.3, 0.4) is 0 Å². The molecular formula is C12H19N5. The number of hydrogen-bond donors (Lipinski definition) is 1. The van der Waals surface area contributed by atoms with Crippen LogP contribution < -0.4 is 5.32 Å².